The smallest absolute Gasteiger partial charge is 0.258 e. The van der Waals surface area contributed by atoms with E-state index in [4.69, 9.17) is 4.98 Å². The van der Waals surface area contributed by atoms with Crippen LogP contribution in [0, 0.1) is 10.1 Å². The van der Waals surface area contributed by atoms with Crippen LogP contribution in [-0.4, -0.2) is 9.91 Å². The zero-order valence-corrected chi connectivity index (χ0v) is 14.5. The van der Waals surface area contributed by atoms with E-state index in [1.807, 2.05) is 54.6 Å². The van der Waals surface area contributed by atoms with Gasteiger partial charge in [0.05, 0.1) is 15.1 Å². The van der Waals surface area contributed by atoms with Crippen LogP contribution in [0.25, 0.3) is 21.9 Å². The number of para-hydroxylation sites is 1. The van der Waals surface area contributed by atoms with E-state index in [1.54, 1.807) is 23.5 Å². The minimum absolute atomic E-state index is 0.0865. The lowest BCUT2D eigenvalue weighted by atomic mass is 10.0. The van der Waals surface area contributed by atoms with Crippen LogP contribution in [0.3, 0.4) is 0 Å². The molecule has 3 aromatic carbocycles. The third-order valence-electron chi connectivity index (χ3n) is 4.02. The van der Waals surface area contributed by atoms with E-state index < -0.39 is 0 Å². The van der Waals surface area contributed by atoms with Crippen molar-refractivity contribution in [1.82, 2.24) is 4.98 Å². The summed E-state index contributed by atoms with van der Waals surface area (Å²) in [4.78, 5) is 15.2. The summed E-state index contributed by atoms with van der Waals surface area (Å²) < 4.78 is 1.13. The van der Waals surface area contributed by atoms with Crippen molar-refractivity contribution in [3.63, 3.8) is 0 Å². The number of aromatic nitrogens is 1. The van der Waals surface area contributed by atoms with E-state index in [2.05, 4.69) is 6.07 Å². The second-order valence-electron chi connectivity index (χ2n) is 5.76. The summed E-state index contributed by atoms with van der Waals surface area (Å²) in [6, 6.07) is 24.7. The molecule has 5 heteroatoms. The monoisotopic (exact) mass is 358 g/mol. The van der Waals surface area contributed by atoms with Gasteiger partial charge in [0.1, 0.15) is 5.01 Å². The zero-order valence-electron chi connectivity index (χ0n) is 13.7. The number of nitro benzene ring substituents is 1. The van der Waals surface area contributed by atoms with E-state index in [0.29, 0.717) is 0 Å². The van der Waals surface area contributed by atoms with Crippen molar-refractivity contribution >= 4 is 38.9 Å². The maximum atomic E-state index is 10.9. The van der Waals surface area contributed by atoms with E-state index in [9.17, 15) is 10.1 Å². The Morgan fingerprint density at radius 2 is 1.62 bits per heavy atom. The topological polar surface area (TPSA) is 56.0 Å². The lowest BCUT2D eigenvalue weighted by Crippen LogP contribution is -1.89. The van der Waals surface area contributed by atoms with Gasteiger partial charge in [0.2, 0.25) is 0 Å². The highest BCUT2D eigenvalue weighted by atomic mass is 32.1. The molecule has 0 atom stereocenters. The van der Waals surface area contributed by atoms with Crippen molar-refractivity contribution in [2.75, 3.05) is 0 Å². The normalized spacial score (nSPS) is 11.6. The van der Waals surface area contributed by atoms with Gasteiger partial charge >= 0.3 is 0 Å². The van der Waals surface area contributed by atoms with E-state index in [0.717, 1.165) is 31.9 Å². The second kappa shape index (κ2) is 6.90. The summed E-state index contributed by atoms with van der Waals surface area (Å²) in [6.45, 7) is 0. The first kappa shape index (κ1) is 16.2. The Balaban J connectivity index is 1.84. The van der Waals surface area contributed by atoms with Crippen LogP contribution in [-0.2, 0) is 0 Å². The van der Waals surface area contributed by atoms with Crippen molar-refractivity contribution in [2.24, 2.45) is 0 Å². The molecule has 0 N–H and O–H groups in total. The minimum Gasteiger partial charge on any atom is -0.258 e. The molecule has 4 nitrogen and oxygen atoms in total. The predicted molar refractivity (Wildman–Crippen MR) is 106 cm³/mol. The third-order valence-corrected chi connectivity index (χ3v) is 5.09. The van der Waals surface area contributed by atoms with E-state index in [-0.39, 0.29) is 10.6 Å². The molecule has 26 heavy (non-hydrogen) atoms. The van der Waals surface area contributed by atoms with Gasteiger partial charge in [0, 0.05) is 17.7 Å². The summed E-state index contributed by atoms with van der Waals surface area (Å²) in [6.07, 6.45) is 2.02. The van der Waals surface area contributed by atoms with Crippen LogP contribution in [0.2, 0.25) is 0 Å². The Bertz CT molecular complexity index is 1070. The molecular weight excluding hydrogens is 344 g/mol. The Labute approximate surface area is 154 Å². The molecule has 0 aliphatic heterocycles. The third kappa shape index (κ3) is 3.25. The van der Waals surface area contributed by atoms with Crippen LogP contribution in [0.5, 0.6) is 0 Å². The molecule has 0 aliphatic rings. The average molecular weight is 358 g/mol. The van der Waals surface area contributed by atoms with Crippen molar-refractivity contribution in [1.29, 1.82) is 0 Å². The Hall–Kier alpha value is -3.31. The van der Waals surface area contributed by atoms with Gasteiger partial charge in [-0.05, 0) is 41.5 Å². The molecule has 0 radical (unpaired) electrons. The number of benzene rings is 3. The highest BCUT2D eigenvalue weighted by Crippen LogP contribution is 2.32. The summed E-state index contributed by atoms with van der Waals surface area (Å²) in [7, 11) is 0. The molecule has 0 spiro atoms. The standard InChI is InChI=1S/C21H14N2O2S/c24-23(25)17-12-10-15(11-13-17)14-18(16-6-2-1-3-7-16)21-22-19-8-4-5-9-20(19)26-21/h1-14H/b18-14+. The fraction of sp³-hybridized carbons (Fsp3) is 0. The number of hydrogen-bond acceptors (Lipinski definition) is 4. The molecule has 4 aromatic rings. The number of rotatable bonds is 4. The van der Waals surface area contributed by atoms with Gasteiger partial charge in [-0.1, -0.05) is 42.5 Å². The van der Waals surface area contributed by atoms with Crippen molar-refractivity contribution in [2.45, 2.75) is 0 Å². The molecule has 0 aliphatic carbocycles. The van der Waals surface area contributed by atoms with Crippen LogP contribution >= 0.6 is 11.3 Å². The maximum absolute atomic E-state index is 10.9. The maximum Gasteiger partial charge on any atom is 0.269 e. The lowest BCUT2D eigenvalue weighted by Gasteiger charge is -2.05. The van der Waals surface area contributed by atoms with Crippen LogP contribution in [0.15, 0.2) is 78.9 Å². The van der Waals surface area contributed by atoms with Crippen LogP contribution < -0.4 is 0 Å². The average Bonchev–Trinajstić information content (AvgIpc) is 3.11. The van der Waals surface area contributed by atoms with E-state index >= 15 is 0 Å². The summed E-state index contributed by atoms with van der Waals surface area (Å²) in [5.41, 5.74) is 4.01. The lowest BCUT2D eigenvalue weighted by molar-refractivity contribution is -0.384. The van der Waals surface area contributed by atoms with Gasteiger partial charge < -0.3 is 0 Å². The molecule has 0 fully saturated rings. The highest BCUT2D eigenvalue weighted by Gasteiger charge is 2.12. The largest absolute Gasteiger partial charge is 0.269 e. The zero-order chi connectivity index (χ0) is 17.9. The number of nitro groups is 1. The quantitative estimate of drug-likeness (QED) is 0.263. The molecule has 0 bridgehead atoms. The molecule has 0 amide bonds. The first-order valence-corrected chi connectivity index (χ1v) is 8.90. The Morgan fingerprint density at radius 3 is 2.31 bits per heavy atom. The Kier molecular flexibility index (Phi) is 4.29. The predicted octanol–water partition coefficient (Wildman–Crippen LogP) is 5.79. The molecule has 0 saturated heterocycles. The van der Waals surface area contributed by atoms with Gasteiger partial charge in [0.25, 0.3) is 5.69 Å². The Morgan fingerprint density at radius 1 is 0.923 bits per heavy atom. The first-order valence-electron chi connectivity index (χ1n) is 8.08. The number of thiazole rings is 1. The summed E-state index contributed by atoms with van der Waals surface area (Å²) >= 11 is 1.64. The summed E-state index contributed by atoms with van der Waals surface area (Å²) in [5.74, 6) is 0. The summed E-state index contributed by atoms with van der Waals surface area (Å²) in [5, 5.41) is 11.8. The minimum atomic E-state index is -0.390. The fourth-order valence-corrected chi connectivity index (χ4v) is 3.74. The molecule has 1 heterocycles. The molecule has 4 rings (SSSR count). The van der Waals surface area contributed by atoms with Crippen molar-refractivity contribution in [3.8, 4) is 0 Å². The molecule has 1 aromatic heterocycles. The number of non-ortho nitro benzene ring substituents is 1. The second-order valence-corrected chi connectivity index (χ2v) is 6.79. The fourth-order valence-electron chi connectivity index (χ4n) is 2.73. The SMILES string of the molecule is O=[N+]([O-])c1ccc(/C=C(\c2ccccc2)c2nc3ccccc3s2)cc1. The van der Waals surface area contributed by atoms with Crippen molar-refractivity contribution < 1.29 is 4.92 Å². The highest BCUT2D eigenvalue weighted by molar-refractivity contribution is 7.19. The number of hydrogen-bond donors (Lipinski definition) is 0. The molecule has 0 unspecified atom stereocenters. The molecular formula is C21H14N2O2S. The van der Waals surface area contributed by atoms with Gasteiger partial charge in [-0.15, -0.1) is 11.3 Å². The first-order chi connectivity index (χ1) is 12.7. The van der Waals surface area contributed by atoms with Gasteiger partial charge in [-0.25, -0.2) is 4.98 Å². The van der Waals surface area contributed by atoms with E-state index in [1.165, 1.54) is 12.1 Å². The van der Waals surface area contributed by atoms with Crippen molar-refractivity contribution in [3.05, 3.63) is 105 Å². The van der Waals surface area contributed by atoms with Crippen LogP contribution in [0.4, 0.5) is 5.69 Å². The van der Waals surface area contributed by atoms with Gasteiger partial charge in [0.15, 0.2) is 0 Å². The van der Waals surface area contributed by atoms with Crippen LogP contribution in [0.1, 0.15) is 16.1 Å². The number of nitrogens with zero attached hydrogens (tertiary/aromatic N) is 2. The van der Waals surface area contributed by atoms with Gasteiger partial charge in [-0.3, -0.25) is 10.1 Å². The molecule has 0 saturated carbocycles. The molecule has 126 valence electrons. The van der Waals surface area contributed by atoms with Gasteiger partial charge in [-0.2, -0.15) is 0 Å². The number of fused-ring (bicyclic) bond motifs is 1.